The summed E-state index contributed by atoms with van der Waals surface area (Å²) in [6, 6.07) is 14.3. The van der Waals surface area contributed by atoms with Gasteiger partial charge in [0.15, 0.2) is 5.96 Å². The molecule has 1 atom stereocenters. The van der Waals surface area contributed by atoms with Crippen molar-refractivity contribution in [1.82, 2.24) is 10.6 Å². The Hall–Kier alpha value is -1.95. The van der Waals surface area contributed by atoms with Gasteiger partial charge in [0, 0.05) is 41.0 Å². The standard InChI is InChI=1S/C21H27F2N3O3S.HI/c1-3-24-21(25-11-12-30(27)15-16-7-5-4-6-8-16)26-14-17-13-18(28-2)9-10-19(17)29-20(22)23;/h4-10,13,20H,3,11-12,14-15H2,1-2H3,(H2,24,25,26);1H. The van der Waals surface area contributed by atoms with E-state index in [2.05, 4.69) is 20.4 Å². The van der Waals surface area contributed by atoms with Gasteiger partial charge in [-0.1, -0.05) is 30.3 Å². The molecule has 0 saturated carbocycles. The molecule has 31 heavy (non-hydrogen) atoms. The first kappa shape index (κ1) is 27.1. The van der Waals surface area contributed by atoms with Gasteiger partial charge in [-0.05, 0) is 30.7 Å². The summed E-state index contributed by atoms with van der Waals surface area (Å²) in [5.41, 5.74) is 1.50. The van der Waals surface area contributed by atoms with E-state index in [4.69, 9.17) is 4.74 Å². The summed E-state index contributed by atoms with van der Waals surface area (Å²) < 4.78 is 47.3. The molecule has 0 amide bonds. The van der Waals surface area contributed by atoms with Crippen molar-refractivity contribution in [2.75, 3.05) is 26.0 Å². The maximum absolute atomic E-state index is 12.7. The van der Waals surface area contributed by atoms with Crippen molar-refractivity contribution >= 4 is 40.7 Å². The summed E-state index contributed by atoms with van der Waals surface area (Å²) in [6.45, 7) is 0.192. The number of guanidine groups is 1. The molecule has 0 saturated heterocycles. The minimum Gasteiger partial charge on any atom is -0.497 e. The molecule has 1 unspecified atom stereocenters. The zero-order valence-corrected chi connectivity index (χ0v) is 20.6. The highest BCUT2D eigenvalue weighted by Gasteiger charge is 2.11. The number of methoxy groups -OCH3 is 1. The fourth-order valence-corrected chi connectivity index (χ4v) is 3.68. The highest BCUT2D eigenvalue weighted by Crippen LogP contribution is 2.26. The number of aliphatic imine (C=N–C) groups is 1. The number of nitrogens with one attached hydrogen (secondary N) is 2. The predicted molar refractivity (Wildman–Crippen MR) is 131 cm³/mol. The Labute approximate surface area is 201 Å². The molecule has 0 bridgehead atoms. The molecule has 0 aromatic heterocycles. The second-order valence-electron chi connectivity index (χ2n) is 6.25. The minimum atomic E-state index is -2.92. The summed E-state index contributed by atoms with van der Waals surface area (Å²) in [7, 11) is 0.486. The van der Waals surface area contributed by atoms with Gasteiger partial charge in [0.2, 0.25) is 0 Å². The first-order chi connectivity index (χ1) is 14.5. The molecule has 2 rings (SSSR count). The van der Waals surface area contributed by atoms with Crippen molar-refractivity contribution in [2.45, 2.75) is 25.8 Å². The normalized spacial score (nSPS) is 12.1. The van der Waals surface area contributed by atoms with E-state index in [0.717, 1.165) is 5.56 Å². The maximum Gasteiger partial charge on any atom is 0.387 e. The summed E-state index contributed by atoms with van der Waals surface area (Å²) in [5, 5.41) is 6.21. The Bertz CT molecular complexity index is 842. The van der Waals surface area contributed by atoms with E-state index in [0.29, 0.717) is 41.9 Å². The zero-order valence-electron chi connectivity index (χ0n) is 17.5. The van der Waals surface area contributed by atoms with Gasteiger partial charge in [-0.3, -0.25) is 4.21 Å². The summed E-state index contributed by atoms with van der Waals surface area (Å²) in [5.74, 6) is 2.03. The second kappa shape index (κ2) is 15.0. The SMILES string of the molecule is CCNC(=NCc1cc(OC)ccc1OC(F)F)NCCS(=O)Cc1ccccc1.I. The molecule has 6 nitrogen and oxygen atoms in total. The van der Waals surface area contributed by atoms with Gasteiger partial charge < -0.3 is 20.1 Å². The Morgan fingerprint density at radius 3 is 2.55 bits per heavy atom. The average Bonchev–Trinajstić information content (AvgIpc) is 2.73. The summed E-state index contributed by atoms with van der Waals surface area (Å²) >= 11 is 0. The molecule has 0 radical (unpaired) electrons. The van der Waals surface area contributed by atoms with Gasteiger partial charge in [0.05, 0.1) is 13.7 Å². The van der Waals surface area contributed by atoms with Crippen molar-refractivity contribution in [3.63, 3.8) is 0 Å². The molecule has 172 valence electrons. The Kier molecular flexibility index (Phi) is 13.1. The fourth-order valence-electron chi connectivity index (χ4n) is 2.64. The van der Waals surface area contributed by atoms with Crippen molar-refractivity contribution in [3.8, 4) is 11.5 Å². The van der Waals surface area contributed by atoms with Crippen molar-refractivity contribution < 1.29 is 22.5 Å². The number of alkyl halides is 2. The maximum atomic E-state index is 12.7. The van der Waals surface area contributed by atoms with Crippen LogP contribution in [0.4, 0.5) is 8.78 Å². The minimum absolute atomic E-state index is 0. The molecule has 0 aliphatic carbocycles. The van der Waals surface area contributed by atoms with E-state index in [1.54, 1.807) is 12.1 Å². The van der Waals surface area contributed by atoms with E-state index in [1.165, 1.54) is 13.2 Å². The third-order valence-electron chi connectivity index (χ3n) is 4.03. The number of ether oxygens (including phenoxy) is 2. The third kappa shape index (κ3) is 10.3. The van der Waals surface area contributed by atoms with Crippen LogP contribution in [0.3, 0.4) is 0 Å². The lowest BCUT2D eigenvalue weighted by atomic mass is 10.2. The third-order valence-corrected chi connectivity index (χ3v) is 5.34. The first-order valence-corrected chi connectivity index (χ1v) is 11.0. The van der Waals surface area contributed by atoms with Gasteiger partial charge in [-0.25, -0.2) is 4.99 Å². The molecule has 0 aliphatic rings. The monoisotopic (exact) mass is 567 g/mol. The number of nitrogens with zero attached hydrogens (tertiary/aromatic N) is 1. The first-order valence-electron chi connectivity index (χ1n) is 9.54. The predicted octanol–water partition coefficient (Wildman–Crippen LogP) is 3.92. The molecule has 10 heteroatoms. The van der Waals surface area contributed by atoms with Crippen LogP contribution in [0.15, 0.2) is 53.5 Å². The van der Waals surface area contributed by atoms with Crippen LogP contribution in [0.5, 0.6) is 11.5 Å². The van der Waals surface area contributed by atoms with Crippen LogP contribution >= 0.6 is 24.0 Å². The molecular weight excluding hydrogens is 539 g/mol. The van der Waals surface area contributed by atoms with Gasteiger partial charge >= 0.3 is 6.61 Å². The van der Waals surface area contributed by atoms with E-state index < -0.39 is 17.4 Å². The smallest absolute Gasteiger partial charge is 0.387 e. The van der Waals surface area contributed by atoms with Crippen molar-refractivity contribution in [2.24, 2.45) is 4.99 Å². The molecular formula is C21H28F2IN3O3S. The van der Waals surface area contributed by atoms with Crippen LogP contribution in [-0.2, 0) is 23.1 Å². The van der Waals surface area contributed by atoms with Crippen LogP contribution in [0, 0.1) is 0 Å². The molecule has 2 aromatic rings. The molecule has 0 heterocycles. The van der Waals surface area contributed by atoms with E-state index in [1.807, 2.05) is 37.3 Å². The number of hydrogen-bond acceptors (Lipinski definition) is 4. The zero-order chi connectivity index (χ0) is 21.8. The lowest BCUT2D eigenvalue weighted by Gasteiger charge is -2.13. The molecule has 0 spiro atoms. The van der Waals surface area contributed by atoms with Gasteiger partial charge in [0.25, 0.3) is 0 Å². The second-order valence-corrected chi connectivity index (χ2v) is 7.82. The lowest BCUT2D eigenvalue weighted by molar-refractivity contribution is -0.0504. The highest BCUT2D eigenvalue weighted by atomic mass is 127. The number of benzene rings is 2. The average molecular weight is 567 g/mol. The number of rotatable bonds is 11. The summed E-state index contributed by atoms with van der Waals surface area (Å²) in [6.07, 6.45) is 0. The van der Waals surface area contributed by atoms with Crippen LogP contribution in [-0.4, -0.2) is 42.7 Å². The molecule has 0 fully saturated rings. The largest absolute Gasteiger partial charge is 0.497 e. The van der Waals surface area contributed by atoms with E-state index in [-0.39, 0.29) is 36.3 Å². The Morgan fingerprint density at radius 2 is 1.90 bits per heavy atom. The van der Waals surface area contributed by atoms with E-state index >= 15 is 0 Å². The molecule has 0 aliphatic heterocycles. The van der Waals surface area contributed by atoms with Crippen LogP contribution in [0.1, 0.15) is 18.1 Å². The van der Waals surface area contributed by atoms with Crippen LogP contribution in [0.2, 0.25) is 0 Å². The fraction of sp³-hybridized carbons (Fsp3) is 0.381. The Morgan fingerprint density at radius 1 is 1.16 bits per heavy atom. The number of hydrogen-bond donors (Lipinski definition) is 2. The quantitative estimate of drug-likeness (QED) is 0.245. The Balaban J connectivity index is 0.00000480. The van der Waals surface area contributed by atoms with Gasteiger partial charge in [-0.2, -0.15) is 8.78 Å². The van der Waals surface area contributed by atoms with Crippen LogP contribution in [0.25, 0.3) is 0 Å². The van der Waals surface area contributed by atoms with Gasteiger partial charge in [0.1, 0.15) is 11.5 Å². The van der Waals surface area contributed by atoms with E-state index in [9.17, 15) is 13.0 Å². The number of halogens is 3. The van der Waals surface area contributed by atoms with Gasteiger partial charge in [-0.15, -0.1) is 24.0 Å². The van der Waals surface area contributed by atoms with Crippen molar-refractivity contribution in [1.29, 1.82) is 0 Å². The molecule has 2 N–H and O–H groups in total. The summed E-state index contributed by atoms with van der Waals surface area (Å²) in [4.78, 5) is 4.42. The molecule has 2 aromatic carbocycles. The highest BCUT2D eigenvalue weighted by molar-refractivity contribution is 14.0. The van der Waals surface area contributed by atoms with Crippen LogP contribution < -0.4 is 20.1 Å². The topological polar surface area (TPSA) is 72.0 Å². The lowest BCUT2D eigenvalue weighted by Crippen LogP contribution is -2.39. The van der Waals surface area contributed by atoms with Crippen molar-refractivity contribution in [3.05, 3.63) is 59.7 Å².